The van der Waals surface area contributed by atoms with Gasteiger partial charge in [-0.25, -0.2) is 14.4 Å². The van der Waals surface area contributed by atoms with E-state index in [9.17, 15) is 4.39 Å². The minimum absolute atomic E-state index is 0.272. The van der Waals surface area contributed by atoms with Crippen molar-refractivity contribution in [1.29, 1.82) is 0 Å². The van der Waals surface area contributed by atoms with Crippen LogP contribution in [-0.4, -0.2) is 9.97 Å². The molecule has 4 rings (SSSR count). The topological polar surface area (TPSA) is 37.8 Å². The van der Waals surface area contributed by atoms with Crippen LogP contribution < -0.4 is 5.32 Å². The largest absolute Gasteiger partial charge is 0.359 e. The summed E-state index contributed by atoms with van der Waals surface area (Å²) in [5.74, 6) is 0.429. The first-order valence-electron chi connectivity index (χ1n) is 8.18. The maximum absolute atomic E-state index is 13.8. The molecule has 0 saturated heterocycles. The zero-order valence-electron chi connectivity index (χ0n) is 13.7. The van der Waals surface area contributed by atoms with Gasteiger partial charge in [-0.15, -0.1) is 0 Å². The van der Waals surface area contributed by atoms with E-state index >= 15 is 0 Å². The number of hydrogen-bond donors (Lipinski definition) is 1. The fraction of sp³-hybridized carbons (Fsp3) is 0.0476. The van der Waals surface area contributed by atoms with Crippen LogP contribution >= 0.6 is 11.6 Å². The second-order valence-corrected chi connectivity index (χ2v) is 6.32. The maximum Gasteiger partial charge on any atom is 0.129 e. The van der Waals surface area contributed by atoms with E-state index in [2.05, 4.69) is 15.3 Å². The minimum Gasteiger partial charge on any atom is -0.359 e. The summed E-state index contributed by atoms with van der Waals surface area (Å²) in [6.45, 7) is 0. The number of nitrogens with zero attached hydrogens (tertiary/aromatic N) is 2. The normalized spacial score (nSPS) is 12.1. The summed E-state index contributed by atoms with van der Waals surface area (Å²) >= 11 is 6.03. The molecule has 0 aliphatic carbocycles. The van der Waals surface area contributed by atoms with E-state index in [0.717, 1.165) is 22.0 Å². The van der Waals surface area contributed by atoms with Crippen molar-refractivity contribution in [1.82, 2.24) is 9.97 Å². The molecule has 1 atom stereocenters. The molecule has 3 nitrogen and oxygen atoms in total. The van der Waals surface area contributed by atoms with Gasteiger partial charge in [-0.05, 0) is 53.6 Å². The Morgan fingerprint density at radius 3 is 2.54 bits per heavy atom. The number of benzene rings is 2. The number of halogens is 2. The van der Waals surface area contributed by atoms with Crippen LogP contribution in [0.5, 0.6) is 0 Å². The molecule has 2 aromatic carbocycles. The van der Waals surface area contributed by atoms with E-state index in [1.54, 1.807) is 18.3 Å². The summed E-state index contributed by atoms with van der Waals surface area (Å²) < 4.78 is 13.8. The Balaban J connectivity index is 1.81. The first-order chi connectivity index (χ1) is 12.7. The van der Waals surface area contributed by atoms with Crippen LogP contribution in [0.15, 0.2) is 79.0 Å². The number of aromatic nitrogens is 2. The van der Waals surface area contributed by atoms with Crippen LogP contribution in [0.3, 0.4) is 0 Å². The zero-order valence-corrected chi connectivity index (χ0v) is 14.5. The summed E-state index contributed by atoms with van der Waals surface area (Å²) in [4.78, 5) is 8.71. The van der Waals surface area contributed by atoms with E-state index in [4.69, 9.17) is 11.6 Å². The first-order valence-corrected chi connectivity index (χ1v) is 8.56. The number of fused-ring (bicyclic) bond motifs is 1. The minimum atomic E-state index is -0.280. The fourth-order valence-corrected chi connectivity index (χ4v) is 3.08. The molecule has 2 heterocycles. The average molecular weight is 364 g/mol. The van der Waals surface area contributed by atoms with E-state index in [0.29, 0.717) is 11.0 Å². The van der Waals surface area contributed by atoms with Crippen molar-refractivity contribution in [2.24, 2.45) is 0 Å². The van der Waals surface area contributed by atoms with Crippen molar-refractivity contribution in [2.75, 3.05) is 5.32 Å². The number of anilines is 1. The molecule has 0 fully saturated rings. The Labute approximate surface area is 155 Å². The summed E-state index contributed by atoms with van der Waals surface area (Å²) in [5.41, 5.74) is 2.54. The summed E-state index contributed by atoms with van der Waals surface area (Å²) in [6, 6.07) is 21.6. The number of hydrogen-bond acceptors (Lipinski definition) is 3. The predicted molar refractivity (Wildman–Crippen MR) is 103 cm³/mol. The highest BCUT2D eigenvalue weighted by atomic mass is 35.5. The Kier molecular flexibility index (Phi) is 4.50. The van der Waals surface area contributed by atoms with Crippen molar-refractivity contribution in [3.63, 3.8) is 0 Å². The zero-order chi connectivity index (χ0) is 17.9. The lowest BCUT2D eigenvalue weighted by Crippen LogP contribution is -2.13. The van der Waals surface area contributed by atoms with Gasteiger partial charge in [0, 0.05) is 11.6 Å². The Morgan fingerprint density at radius 1 is 0.885 bits per heavy atom. The van der Waals surface area contributed by atoms with Crippen molar-refractivity contribution in [3.05, 3.63) is 101 Å². The fourth-order valence-electron chi connectivity index (χ4n) is 2.93. The molecule has 2 aromatic heterocycles. The van der Waals surface area contributed by atoms with E-state index < -0.39 is 0 Å². The Hall–Kier alpha value is -2.98. The summed E-state index contributed by atoms with van der Waals surface area (Å²) in [5, 5.41) is 4.81. The van der Waals surface area contributed by atoms with Crippen molar-refractivity contribution < 1.29 is 4.39 Å². The van der Waals surface area contributed by atoms with Gasteiger partial charge < -0.3 is 5.32 Å². The molecule has 0 amide bonds. The molecule has 0 bridgehead atoms. The second-order valence-electron chi connectivity index (χ2n) is 5.93. The standard InChI is InChI=1S/C21H15ClFN3/c22-19-10-9-14-7-8-16(13-18(14)25-19)21(15-4-3-5-17(23)12-15)26-20-6-1-2-11-24-20/h1-13,21H,(H,24,26). The van der Waals surface area contributed by atoms with E-state index in [-0.39, 0.29) is 11.9 Å². The molecule has 0 aliphatic rings. The van der Waals surface area contributed by atoms with E-state index in [1.165, 1.54) is 12.1 Å². The third-order valence-corrected chi connectivity index (χ3v) is 4.37. The average Bonchev–Trinajstić information content (AvgIpc) is 2.66. The lowest BCUT2D eigenvalue weighted by molar-refractivity contribution is 0.624. The first kappa shape index (κ1) is 16.5. The molecule has 1 N–H and O–H groups in total. The van der Waals surface area contributed by atoms with Crippen molar-refractivity contribution in [2.45, 2.75) is 6.04 Å². The molecule has 5 heteroatoms. The lowest BCUT2D eigenvalue weighted by atomic mass is 9.97. The van der Waals surface area contributed by atoms with Crippen molar-refractivity contribution >= 4 is 28.3 Å². The van der Waals surface area contributed by atoms with Gasteiger partial charge in [0.05, 0.1) is 11.6 Å². The van der Waals surface area contributed by atoms with Gasteiger partial charge in [0.1, 0.15) is 16.8 Å². The number of rotatable bonds is 4. The highest BCUT2D eigenvalue weighted by molar-refractivity contribution is 6.29. The molecule has 0 saturated carbocycles. The molecular weight excluding hydrogens is 349 g/mol. The van der Waals surface area contributed by atoms with Crippen LogP contribution in [0.25, 0.3) is 10.9 Å². The number of pyridine rings is 2. The van der Waals surface area contributed by atoms with E-state index in [1.807, 2.05) is 48.5 Å². The Morgan fingerprint density at radius 2 is 1.73 bits per heavy atom. The van der Waals surface area contributed by atoms with Gasteiger partial charge in [0.15, 0.2) is 0 Å². The van der Waals surface area contributed by atoms with Crippen LogP contribution in [0, 0.1) is 5.82 Å². The third-order valence-electron chi connectivity index (χ3n) is 4.15. The van der Waals surface area contributed by atoms with Gasteiger partial charge in [-0.1, -0.05) is 41.9 Å². The molecule has 128 valence electrons. The molecular formula is C21H15ClFN3. The predicted octanol–water partition coefficient (Wildman–Crippen LogP) is 5.62. The molecule has 26 heavy (non-hydrogen) atoms. The number of nitrogens with one attached hydrogen (secondary N) is 1. The van der Waals surface area contributed by atoms with Crippen LogP contribution in [-0.2, 0) is 0 Å². The maximum atomic E-state index is 13.8. The quantitative estimate of drug-likeness (QED) is 0.478. The van der Waals surface area contributed by atoms with Crippen LogP contribution in [0.2, 0.25) is 5.15 Å². The second kappa shape index (κ2) is 7.10. The van der Waals surface area contributed by atoms with Gasteiger partial charge >= 0.3 is 0 Å². The Bertz CT molecular complexity index is 1050. The van der Waals surface area contributed by atoms with Crippen LogP contribution in [0.1, 0.15) is 17.2 Å². The molecule has 0 spiro atoms. The highest BCUT2D eigenvalue weighted by Crippen LogP contribution is 2.29. The lowest BCUT2D eigenvalue weighted by Gasteiger charge is -2.21. The SMILES string of the molecule is Fc1cccc(C(Nc2ccccn2)c2ccc3ccc(Cl)nc3c2)c1. The van der Waals surface area contributed by atoms with Gasteiger partial charge in [0.2, 0.25) is 0 Å². The smallest absolute Gasteiger partial charge is 0.129 e. The molecule has 4 aromatic rings. The molecule has 1 unspecified atom stereocenters. The summed E-state index contributed by atoms with van der Waals surface area (Å²) in [7, 11) is 0. The van der Waals surface area contributed by atoms with Crippen LogP contribution in [0.4, 0.5) is 10.2 Å². The third kappa shape index (κ3) is 3.51. The van der Waals surface area contributed by atoms with Gasteiger partial charge in [-0.3, -0.25) is 0 Å². The van der Waals surface area contributed by atoms with Gasteiger partial charge in [0.25, 0.3) is 0 Å². The molecule has 0 aliphatic heterocycles. The van der Waals surface area contributed by atoms with Gasteiger partial charge in [-0.2, -0.15) is 0 Å². The molecule has 0 radical (unpaired) electrons. The summed E-state index contributed by atoms with van der Waals surface area (Å²) in [6.07, 6.45) is 1.71. The monoisotopic (exact) mass is 363 g/mol. The highest BCUT2D eigenvalue weighted by Gasteiger charge is 2.16. The van der Waals surface area contributed by atoms with Crippen molar-refractivity contribution in [3.8, 4) is 0 Å².